The second-order valence-electron chi connectivity index (χ2n) is 5.00. The molecule has 0 aliphatic heterocycles. The van der Waals surface area contributed by atoms with Crippen molar-refractivity contribution in [2.24, 2.45) is 0 Å². The Labute approximate surface area is 147 Å². The van der Waals surface area contributed by atoms with Gasteiger partial charge in [0.1, 0.15) is 12.0 Å². The highest BCUT2D eigenvalue weighted by atomic mass is 32.1. The van der Waals surface area contributed by atoms with E-state index in [2.05, 4.69) is 15.6 Å². The molecule has 0 unspecified atom stereocenters. The van der Waals surface area contributed by atoms with Crippen LogP contribution in [0, 0.1) is 0 Å². The van der Waals surface area contributed by atoms with E-state index in [9.17, 15) is 9.59 Å². The Bertz CT molecular complexity index is 874. The molecule has 2 aromatic heterocycles. The van der Waals surface area contributed by atoms with E-state index in [4.69, 9.17) is 9.15 Å². The van der Waals surface area contributed by atoms with Gasteiger partial charge in [0.15, 0.2) is 5.69 Å². The normalized spacial score (nSPS) is 10.3. The van der Waals surface area contributed by atoms with Crippen molar-refractivity contribution in [2.45, 2.75) is 6.54 Å². The van der Waals surface area contributed by atoms with Gasteiger partial charge in [0.2, 0.25) is 0 Å². The van der Waals surface area contributed by atoms with E-state index < -0.39 is 5.91 Å². The van der Waals surface area contributed by atoms with Crippen LogP contribution in [0.4, 0.5) is 6.01 Å². The summed E-state index contributed by atoms with van der Waals surface area (Å²) in [4.78, 5) is 28.1. The summed E-state index contributed by atoms with van der Waals surface area (Å²) in [5.74, 6) is -0.0681. The summed E-state index contributed by atoms with van der Waals surface area (Å²) in [5, 5.41) is 8.73. The lowest BCUT2D eigenvalue weighted by Crippen LogP contribution is -2.23. The van der Waals surface area contributed by atoms with Crippen LogP contribution in [-0.2, 0) is 6.54 Å². The van der Waals surface area contributed by atoms with Gasteiger partial charge in [0.25, 0.3) is 11.8 Å². The average Bonchev–Trinajstić information content (AvgIpc) is 3.31. The summed E-state index contributed by atoms with van der Waals surface area (Å²) in [6.07, 6.45) is 1.20. The first kappa shape index (κ1) is 16.7. The van der Waals surface area contributed by atoms with Crippen molar-refractivity contribution in [1.29, 1.82) is 0 Å². The molecular formula is C17H15N3O4S. The second-order valence-corrected chi connectivity index (χ2v) is 5.78. The van der Waals surface area contributed by atoms with Crippen molar-refractivity contribution in [3.05, 3.63) is 64.2 Å². The van der Waals surface area contributed by atoms with Crippen molar-refractivity contribution in [1.82, 2.24) is 10.3 Å². The van der Waals surface area contributed by atoms with Gasteiger partial charge < -0.3 is 14.5 Å². The number of thiophene rings is 1. The van der Waals surface area contributed by atoms with E-state index in [0.717, 1.165) is 5.56 Å². The highest BCUT2D eigenvalue weighted by Gasteiger charge is 2.15. The van der Waals surface area contributed by atoms with Gasteiger partial charge in [-0.05, 0) is 17.5 Å². The van der Waals surface area contributed by atoms with Crippen LogP contribution in [0.2, 0.25) is 0 Å². The molecule has 0 aliphatic rings. The first-order chi connectivity index (χ1) is 12.2. The van der Waals surface area contributed by atoms with E-state index in [1.807, 2.05) is 24.3 Å². The summed E-state index contributed by atoms with van der Waals surface area (Å²) >= 11 is 1.41. The number of para-hydroxylation sites is 1. The molecule has 0 saturated heterocycles. The van der Waals surface area contributed by atoms with Gasteiger partial charge in [-0.3, -0.25) is 14.9 Å². The maximum atomic E-state index is 12.2. The van der Waals surface area contributed by atoms with E-state index in [1.54, 1.807) is 23.9 Å². The highest BCUT2D eigenvalue weighted by Crippen LogP contribution is 2.17. The minimum absolute atomic E-state index is 0.0290. The predicted molar refractivity (Wildman–Crippen MR) is 92.9 cm³/mol. The predicted octanol–water partition coefficient (Wildman–Crippen LogP) is 2.93. The fourth-order valence-corrected chi connectivity index (χ4v) is 2.75. The van der Waals surface area contributed by atoms with Crippen molar-refractivity contribution >= 4 is 29.2 Å². The van der Waals surface area contributed by atoms with E-state index in [1.165, 1.54) is 17.6 Å². The third-order valence-corrected chi connectivity index (χ3v) is 4.06. The Morgan fingerprint density at radius 3 is 2.84 bits per heavy atom. The quantitative estimate of drug-likeness (QED) is 0.707. The van der Waals surface area contributed by atoms with Gasteiger partial charge in [-0.2, -0.15) is 16.3 Å². The number of carbonyl (C=O) groups is 2. The summed E-state index contributed by atoms with van der Waals surface area (Å²) < 4.78 is 10.4. The molecule has 25 heavy (non-hydrogen) atoms. The zero-order chi connectivity index (χ0) is 17.6. The average molecular weight is 357 g/mol. The number of oxazole rings is 1. The van der Waals surface area contributed by atoms with Crippen LogP contribution in [0.5, 0.6) is 5.75 Å². The molecule has 1 aromatic carbocycles. The highest BCUT2D eigenvalue weighted by molar-refractivity contribution is 7.08. The number of nitrogens with one attached hydrogen (secondary N) is 2. The molecule has 128 valence electrons. The van der Waals surface area contributed by atoms with Crippen molar-refractivity contribution in [3.63, 3.8) is 0 Å². The number of nitrogens with zero attached hydrogens (tertiary/aromatic N) is 1. The second kappa shape index (κ2) is 7.63. The number of hydrogen-bond donors (Lipinski definition) is 2. The molecule has 3 aromatic rings. The molecular weight excluding hydrogens is 342 g/mol. The molecule has 0 spiro atoms. The van der Waals surface area contributed by atoms with E-state index >= 15 is 0 Å². The number of amides is 2. The van der Waals surface area contributed by atoms with Gasteiger partial charge in [0.05, 0.1) is 12.7 Å². The van der Waals surface area contributed by atoms with E-state index in [0.29, 0.717) is 11.3 Å². The zero-order valence-corrected chi connectivity index (χ0v) is 14.1. The maximum Gasteiger partial charge on any atom is 0.302 e. The summed E-state index contributed by atoms with van der Waals surface area (Å²) in [6, 6.07) is 9.04. The molecule has 0 radical (unpaired) electrons. The fourth-order valence-electron chi connectivity index (χ4n) is 2.11. The molecule has 0 atom stereocenters. The number of methoxy groups -OCH3 is 1. The number of carbonyl (C=O) groups excluding carboxylic acids is 2. The number of rotatable bonds is 6. The SMILES string of the molecule is COc1ccccc1CNC(=O)c1coc(NC(=O)c2ccsc2)n1. The maximum absolute atomic E-state index is 12.2. The molecule has 2 heterocycles. The van der Waals surface area contributed by atoms with Gasteiger partial charge in [-0.15, -0.1) is 0 Å². The van der Waals surface area contributed by atoms with Gasteiger partial charge >= 0.3 is 6.01 Å². The first-order valence-electron chi connectivity index (χ1n) is 7.36. The molecule has 0 saturated carbocycles. The zero-order valence-electron chi connectivity index (χ0n) is 13.3. The Balaban J connectivity index is 1.60. The summed E-state index contributed by atoms with van der Waals surface area (Å²) in [5.41, 5.74) is 1.42. The molecule has 7 nitrogen and oxygen atoms in total. The van der Waals surface area contributed by atoms with Crippen molar-refractivity contribution < 1.29 is 18.7 Å². The van der Waals surface area contributed by atoms with Crippen molar-refractivity contribution in [3.8, 4) is 5.75 Å². The number of aromatic nitrogens is 1. The van der Waals surface area contributed by atoms with Crippen LogP contribution in [0.3, 0.4) is 0 Å². The Hall–Kier alpha value is -3.13. The Morgan fingerprint density at radius 1 is 1.24 bits per heavy atom. The number of hydrogen-bond acceptors (Lipinski definition) is 6. The van der Waals surface area contributed by atoms with Crippen LogP contribution < -0.4 is 15.4 Å². The molecule has 0 bridgehead atoms. The number of anilines is 1. The van der Waals surface area contributed by atoms with Crippen LogP contribution in [-0.4, -0.2) is 23.9 Å². The van der Waals surface area contributed by atoms with Gasteiger partial charge in [-0.25, -0.2) is 0 Å². The standard InChI is InChI=1S/C17H15N3O4S/c1-23-14-5-3-2-4-11(14)8-18-16(22)13-9-24-17(19-13)20-15(21)12-6-7-25-10-12/h2-7,9-10H,8H2,1H3,(H,18,22)(H,19,20,21). The van der Waals surface area contributed by atoms with Crippen LogP contribution in [0.25, 0.3) is 0 Å². The van der Waals surface area contributed by atoms with Crippen molar-refractivity contribution in [2.75, 3.05) is 12.4 Å². The van der Waals surface area contributed by atoms with Crippen LogP contribution in [0.15, 0.2) is 51.8 Å². The fraction of sp³-hybridized carbons (Fsp3) is 0.118. The first-order valence-corrected chi connectivity index (χ1v) is 8.31. The largest absolute Gasteiger partial charge is 0.496 e. The van der Waals surface area contributed by atoms with Crippen LogP contribution >= 0.6 is 11.3 Å². The van der Waals surface area contributed by atoms with E-state index in [-0.39, 0.29) is 24.2 Å². The van der Waals surface area contributed by atoms with Gasteiger partial charge in [0, 0.05) is 17.5 Å². The Kier molecular flexibility index (Phi) is 5.10. The lowest BCUT2D eigenvalue weighted by atomic mass is 10.2. The van der Waals surface area contributed by atoms with Gasteiger partial charge in [-0.1, -0.05) is 18.2 Å². The summed E-state index contributed by atoms with van der Waals surface area (Å²) in [7, 11) is 1.57. The monoisotopic (exact) mass is 357 g/mol. The minimum atomic E-state index is -0.411. The Morgan fingerprint density at radius 2 is 2.08 bits per heavy atom. The third-order valence-electron chi connectivity index (χ3n) is 3.37. The third kappa shape index (κ3) is 4.04. The lowest BCUT2D eigenvalue weighted by molar-refractivity contribution is 0.0944. The minimum Gasteiger partial charge on any atom is -0.496 e. The molecule has 3 rings (SSSR count). The smallest absolute Gasteiger partial charge is 0.302 e. The molecule has 0 aliphatic carbocycles. The van der Waals surface area contributed by atoms with Crippen LogP contribution in [0.1, 0.15) is 26.4 Å². The topological polar surface area (TPSA) is 93.5 Å². The molecule has 2 N–H and O–H groups in total. The molecule has 2 amide bonds. The molecule has 8 heteroatoms. The molecule has 0 fully saturated rings. The number of ether oxygens (including phenoxy) is 1. The lowest BCUT2D eigenvalue weighted by Gasteiger charge is -2.08. The number of benzene rings is 1. The summed E-state index contributed by atoms with van der Waals surface area (Å²) in [6.45, 7) is 0.284.